The number of allylic oxidation sites excluding steroid dienone is 1. The highest BCUT2D eigenvalue weighted by Gasteiger charge is 2.51. The molecule has 0 saturated carbocycles. The molecule has 19 unspecified atom stereocenters. The Hall–Kier alpha value is -7.58. The maximum Gasteiger partial charge on any atom is 0.247 e. The highest BCUT2D eigenvalue weighted by Crippen LogP contribution is 2.49. The quantitative estimate of drug-likeness (QED) is 0.0696. The Morgan fingerprint density at radius 2 is 1.37 bits per heavy atom. The number of halogens is 2. The maximum atomic E-state index is 15.6. The van der Waals surface area contributed by atoms with Crippen LogP contribution in [0.2, 0.25) is 10.0 Å². The van der Waals surface area contributed by atoms with E-state index in [2.05, 4.69) is 37.2 Å². The predicted octanol–water partition coefficient (Wildman–Crippen LogP) is -0.672. The molecule has 2 saturated heterocycles. The molecule has 0 radical (unpaired) electrons. The molecule has 19 atom stereocenters. The summed E-state index contributed by atoms with van der Waals surface area (Å²) in [6.07, 6.45) is -19.8. The molecule has 0 aromatic heterocycles. The summed E-state index contributed by atoms with van der Waals surface area (Å²) in [7, 11) is 1.50. The third kappa shape index (κ3) is 16.4. The Bertz CT molecular complexity index is 3910. The summed E-state index contributed by atoms with van der Waals surface area (Å²) in [5, 5.41) is 121. The van der Waals surface area contributed by atoms with Crippen LogP contribution in [0.15, 0.2) is 72.3 Å². The van der Waals surface area contributed by atoms with E-state index < -0.39 is 211 Å². The summed E-state index contributed by atoms with van der Waals surface area (Å²) in [6, 6.07) is 1.57. The first-order valence-electron chi connectivity index (χ1n) is 32.5. The van der Waals surface area contributed by atoms with Crippen molar-refractivity contribution in [3.63, 3.8) is 0 Å². The number of primary amides is 1. The van der Waals surface area contributed by atoms with Crippen LogP contribution in [0.25, 0.3) is 5.57 Å². The third-order valence-electron chi connectivity index (χ3n) is 18.5. The zero-order valence-corrected chi connectivity index (χ0v) is 57.5. The van der Waals surface area contributed by atoms with Gasteiger partial charge in [-0.2, -0.15) is 0 Å². The van der Waals surface area contributed by atoms with Crippen LogP contribution < -0.4 is 62.9 Å². The Morgan fingerprint density at radius 1 is 0.733 bits per heavy atom. The molecule has 546 valence electrons. The molecule has 1 aliphatic carbocycles. The van der Waals surface area contributed by atoms with E-state index in [9.17, 15) is 69.9 Å². The van der Waals surface area contributed by atoms with Gasteiger partial charge in [0.05, 0.1) is 66.7 Å². The van der Waals surface area contributed by atoms with Crippen LogP contribution in [0.5, 0.6) is 28.7 Å². The summed E-state index contributed by atoms with van der Waals surface area (Å²) < 4.78 is 38.7. The molecule has 4 aromatic carbocycles. The van der Waals surface area contributed by atoms with E-state index in [0.717, 1.165) is 6.07 Å². The first-order chi connectivity index (χ1) is 47.8. The molecule has 34 heteroatoms. The zero-order chi connectivity index (χ0) is 73.4. The average Bonchev–Trinajstić information content (AvgIpc) is 0.770. The largest absolute Gasteiger partial charge is 0.454 e. The number of amides is 6. The number of rotatable bonds is 14. The van der Waals surface area contributed by atoms with Gasteiger partial charge in [-0.3, -0.25) is 33.6 Å². The highest BCUT2D eigenvalue weighted by molar-refractivity contribution is 7.80. The van der Waals surface area contributed by atoms with Crippen molar-refractivity contribution >= 4 is 87.2 Å². The lowest BCUT2D eigenvalue weighted by atomic mass is 9.79. The second-order valence-corrected chi connectivity index (χ2v) is 27.7. The number of aliphatic hydroxyl groups excluding tert-OH is 9. The first-order valence-corrected chi connectivity index (χ1v) is 33.6. The van der Waals surface area contributed by atoms with Crippen molar-refractivity contribution in [1.29, 1.82) is 0 Å². The van der Waals surface area contributed by atoms with Crippen molar-refractivity contribution in [3.05, 3.63) is 116 Å². The van der Waals surface area contributed by atoms with Crippen LogP contribution in [0.1, 0.15) is 117 Å². The van der Waals surface area contributed by atoms with Crippen LogP contribution in [0.4, 0.5) is 0 Å². The summed E-state index contributed by atoms with van der Waals surface area (Å²) in [4.78, 5) is 102. The first kappa shape index (κ1) is 76.1. The molecule has 0 spiro atoms. The van der Waals surface area contributed by atoms with Gasteiger partial charge < -0.3 is 123 Å². The SMILES string of the molecule is CNC(CC(C)C)C(=O)NC1C(=O)NC(CC(N)=O)C(=O)NC2C(=S)NC3C(=O)NC(C(=O)NC(CO)C4=C(C(=O)CC(O)C4)c4cc3ccc4CO)C(O)c3ccc(c(Cl)c3)Oc3cc2cc(c3OC2OC(CO)C(O)C(O)C2OC2CC(C)(N)C(O)C(C)O2)Oc2ccc(cc2Cl)C1O. The number of ketones is 1. The summed E-state index contributed by atoms with van der Waals surface area (Å²) in [5.41, 5.74) is 10.4. The number of carbonyl (C=O) groups excluding carboxylic acids is 7. The number of carbonyl (C=O) groups is 7. The van der Waals surface area contributed by atoms with Crippen LogP contribution in [-0.2, 0) is 54.4 Å². The maximum absolute atomic E-state index is 15.6. The topological polar surface area (TPSA) is 493 Å². The Morgan fingerprint density at radius 3 is 1.95 bits per heavy atom. The third-order valence-corrected chi connectivity index (χ3v) is 19.4. The number of likely N-dealkylation sites (N-methyl/N-ethyl adjacent to an activating group) is 1. The van der Waals surface area contributed by atoms with E-state index in [0.29, 0.717) is 0 Å². The monoisotopic (exact) mass is 1470 g/mol. The summed E-state index contributed by atoms with van der Waals surface area (Å²) in [6.45, 7) is 4.22. The molecular formula is C67H81Cl2N9O22S. The fraction of sp³-hybridized carbons (Fsp3) is 0.493. The molecule has 12 rings (SSSR count). The van der Waals surface area contributed by atoms with Gasteiger partial charge in [0.15, 0.2) is 29.7 Å². The van der Waals surface area contributed by atoms with Crippen molar-refractivity contribution < 1.29 is 108 Å². The number of hydrogen-bond donors (Lipinski definition) is 18. The van der Waals surface area contributed by atoms with E-state index in [-0.39, 0.29) is 91.3 Å². The molecule has 101 heavy (non-hydrogen) atoms. The molecule has 6 amide bonds. The number of aliphatic hydroxyl groups is 9. The van der Waals surface area contributed by atoms with Gasteiger partial charge in [0.25, 0.3) is 0 Å². The Labute approximate surface area is 593 Å². The van der Waals surface area contributed by atoms with Gasteiger partial charge in [0, 0.05) is 24.0 Å². The van der Waals surface area contributed by atoms with Gasteiger partial charge in [0.2, 0.25) is 47.5 Å². The van der Waals surface area contributed by atoms with Crippen LogP contribution in [-0.4, -0.2) is 203 Å². The molecule has 11 bridgehead atoms. The lowest BCUT2D eigenvalue weighted by molar-refractivity contribution is -0.333. The Balaban J connectivity index is 1.24. The van der Waals surface area contributed by atoms with Crippen LogP contribution in [0.3, 0.4) is 0 Å². The average molecular weight is 1470 g/mol. The van der Waals surface area contributed by atoms with Crippen molar-refractivity contribution in [1.82, 2.24) is 37.2 Å². The summed E-state index contributed by atoms with van der Waals surface area (Å²) >= 11 is 20.5. The van der Waals surface area contributed by atoms with Crippen LogP contribution in [0, 0.1) is 5.92 Å². The van der Waals surface area contributed by atoms with E-state index in [1.165, 1.54) is 81.6 Å². The van der Waals surface area contributed by atoms with Gasteiger partial charge in [-0.05, 0) is 121 Å². The van der Waals surface area contributed by atoms with Gasteiger partial charge in [-0.1, -0.05) is 73.5 Å². The number of nitrogens with one attached hydrogen (secondary N) is 7. The number of fused-ring (bicyclic) bond motifs is 14. The molecule has 7 heterocycles. The predicted molar refractivity (Wildman–Crippen MR) is 360 cm³/mol. The van der Waals surface area contributed by atoms with Crippen LogP contribution >= 0.6 is 35.4 Å². The minimum atomic E-state index is -2.06. The van der Waals surface area contributed by atoms with E-state index in [4.69, 9.17) is 75.3 Å². The second kappa shape index (κ2) is 31.6. The number of nitrogens with two attached hydrogens (primary N) is 2. The fourth-order valence-corrected chi connectivity index (χ4v) is 13.9. The summed E-state index contributed by atoms with van der Waals surface area (Å²) in [5.74, 6) is -9.57. The number of hydrogen-bond acceptors (Lipinski definition) is 25. The minimum absolute atomic E-state index is 0.00141. The highest BCUT2D eigenvalue weighted by atomic mass is 35.5. The molecule has 4 aromatic rings. The molecule has 8 aliphatic rings. The number of ether oxygens (including phenoxy) is 6. The molecular weight excluding hydrogens is 1390 g/mol. The van der Waals surface area contributed by atoms with E-state index in [1.54, 1.807) is 0 Å². The van der Waals surface area contributed by atoms with Gasteiger partial charge in [0.1, 0.15) is 77.2 Å². The molecule has 2 fully saturated rings. The fourth-order valence-electron chi connectivity index (χ4n) is 13.1. The van der Waals surface area contributed by atoms with Gasteiger partial charge in [-0.15, -0.1) is 0 Å². The Kier molecular flexibility index (Phi) is 23.8. The molecule has 20 N–H and O–H groups in total. The van der Waals surface area contributed by atoms with Gasteiger partial charge in [-0.25, -0.2) is 0 Å². The molecule has 31 nitrogen and oxygen atoms in total. The lowest BCUT2D eigenvalue weighted by Gasteiger charge is -2.47. The normalized spacial score (nSPS) is 31.2. The van der Waals surface area contributed by atoms with Crippen molar-refractivity contribution in [2.45, 2.75) is 182 Å². The number of benzene rings is 4. The lowest BCUT2D eigenvalue weighted by Crippen LogP contribution is -2.64. The second-order valence-electron chi connectivity index (χ2n) is 26.4. The zero-order valence-electron chi connectivity index (χ0n) is 55.1. The number of Topliss-reactive ketones (excluding diaryl/α,β-unsaturated/α-hetero) is 1. The van der Waals surface area contributed by atoms with Crippen molar-refractivity contribution in [2.24, 2.45) is 17.4 Å². The minimum Gasteiger partial charge on any atom is -0.454 e. The smallest absolute Gasteiger partial charge is 0.247 e. The van der Waals surface area contributed by atoms with E-state index >= 15 is 9.59 Å². The molecule has 7 aliphatic heterocycles. The van der Waals surface area contributed by atoms with Crippen molar-refractivity contribution in [2.75, 3.05) is 20.3 Å². The standard InChI is InChI=1S/C67H81Cl2N9O22S/c1-25(2)12-37(72-5)60(90)76-51-53(85)28-8-10-41(35(68)14-28)96-43-16-31-17-44(57(43)100-66-58(56(88)55(87)45(24-81)98-66)99-47-21-67(4,71)59(89)26(3)95-47)97-42-11-9-29(15-36(42)69)54(86)52-64(94)74-39(23-80)34-18-32(82)19-40(83)48(34)33-13-27(6-7-30(33)22-79)49(62(92)77-52)78-65(101)50(31)75-61(91)38(20-46(70)84)73-63(51)93/h6-11,13-17,25-26,32,37-39,45,47,49-56,58-59,66,72,79-82,85-89H,12,18-24,71H2,1-5H3,(H2,70,84)(H,73,93)(H,74,94)(H,75,91)(H,76,90)(H,77,92)(H,78,101). The van der Waals surface area contributed by atoms with Gasteiger partial charge >= 0.3 is 0 Å². The van der Waals surface area contributed by atoms with E-state index in [1.807, 2.05) is 13.8 Å². The number of thiocarbonyl (C=S) groups is 1. The van der Waals surface area contributed by atoms with Crippen molar-refractivity contribution in [3.8, 4) is 28.7 Å².